The van der Waals surface area contributed by atoms with Gasteiger partial charge in [0.2, 0.25) is 0 Å². The van der Waals surface area contributed by atoms with E-state index in [9.17, 15) is 8.78 Å². The second kappa shape index (κ2) is 6.72. The van der Waals surface area contributed by atoms with Gasteiger partial charge in [0, 0.05) is 30.4 Å². The lowest BCUT2D eigenvalue weighted by Crippen LogP contribution is -2.00. The van der Waals surface area contributed by atoms with Crippen molar-refractivity contribution < 1.29 is 8.78 Å². The molecule has 0 bridgehead atoms. The van der Waals surface area contributed by atoms with Crippen molar-refractivity contribution in [1.29, 1.82) is 0 Å². The van der Waals surface area contributed by atoms with E-state index in [1.165, 1.54) is 6.07 Å². The molecule has 134 valence electrons. The number of nitrogens with zero attached hydrogens (tertiary/aromatic N) is 3. The molecule has 0 aliphatic rings. The third kappa shape index (κ3) is 3.10. The van der Waals surface area contributed by atoms with Crippen LogP contribution in [0.15, 0.2) is 54.9 Å². The molecular weight excluding hydrogens is 346 g/mol. The highest BCUT2D eigenvalue weighted by Gasteiger charge is 2.13. The summed E-state index contributed by atoms with van der Waals surface area (Å²) in [6, 6.07) is 11.4. The van der Waals surface area contributed by atoms with Crippen LogP contribution < -0.4 is 5.32 Å². The molecule has 0 aliphatic carbocycles. The van der Waals surface area contributed by atoms with Gasteiger partial charge in [0.15, 0.2) is 17.5 Å². The minimum atomic E-state index is -0.873. The van der Waals surface area contributed by atoms with Crippen LogP contribution in [0.25, 0.3) is 33.4 Å². The highest BCUT2D eigenvalue weighted by Crippen LogP contribution is 2.32. The summed E-state index contributed by atoms with van der Waals surface area (Å²) in [4.78, 5) is 13.4. The molecule has 4 rings (SSSR count). The van der Waals surface area contributed by atoms with Crippen molar-refractivity contribution in [2.45, 2.75) is 6.92 Å². The number of hydrogen-bond acceptors (Lipinski definition) is 4. The van der Waals surface area contributed by atoms with E-state index < -0.39 is 11.6 Å². The van der Waals surface area contributed by atoms with Gasteiger partial charge in [-0.15, -0.1) is 0 Å². The van der Waals surface area contributed by atoms with Gasteiger partial charge in [0.25, 0.3) is 0 Å². The smallest absolute Gasteiger partial charge is 0.163 e. The van der Waals surface area contributed by atoms with Crippen LogP contribution in [-0.4, -0.2) is 22.0 Å². The van der Waals surface area contributed by atoms with Gasteiger partial charge < -0.3 is 5.32 Å². The predicted molar refractivity (Wildman–Crippen MR) is 102 cm³/mol. The van der Waals surface area contributed by atoms with Gasteiger partial charge in [-0.25, -0.2) is 18.7 Å². The summed E-state index contributed by atoms with van der Waals surface area (Å²) in [5, 5.41) is 3.96. The van der Waals surface area contributed by atoms with Crippen LogP contribution in [0.1, 0.15) is 5.56 Å². The fourth-order valence-corrected chi connectivity index (χ4v) is 3.07. The topological polar surface area (TPSA) is 50.7 Å². The summed E-state index contributed by atoms with van der Waals surface area (Å²) in [5.41, 5.74) is 3.81. The molecule has 4 aromatic rings. The molecule has 0 amide bonds. The van der Waals surface area contributed by atoms with Crippen LogP contribution in [0.5, 0.6) is 0 Å². The Morgan fingerprint density at radius 2 is 1.78 bits per heavy atom. The molecule has 6 heteroatoms. The summed E-state index contributed by atoms with van der Waals surface area (Å²) < 4.78 is 27.0. The van der Waals surface area contributed by atoms with Crippen molar-refractivity contribution in [2.24, 2.45) is 0 Å². The summed E-state index contributed by atoms with van der Waals surface area (Å²) >= 11 is 0. The van der Waals surface area contributed by atoms with Gasteiger partial charge in [-0.3, -0.25) is 4.98 Å². The number of benzene rings is 2. The van der Waals surface area contributed by atoms with Gasteiger partial charge in [-0.2, -0.15) is 0 Å². The Morgan fingerprint density at radius 3 is 2.48 bits per heavy atom. The van der Waals surface area contributed by atoms with E-state index in [0.29, 0.717) is 22.7 Å². The minimum Gasteiger partial charge on any atom is -0.373 e. The minimum absolute atomic E-state index is 0.542. The van der Waals surface area contributed by atoms with Crippen molar-refractivity contribution >= 4 is 16.7 Å². The molecule has 2 heterocycles. The number of aromatic nitrogens is 3. The lowest BCUT2D eigenvalue weighted by Gasteiger charge is -2.12. The zero-order valence-electron chi connectivity index (χ0n) is 14.8. The van der Waals surface area contributed by atoms with E-state index in [1.54, 1.807) is 25.5 Å². The first-order valence-electron chi connectivity index (χ1n) is 8.43. The number of rotatable bonds is 3. The van der Waals surface area contributed by atoms with Crippen LogP contribution >= 0.6 is 0 Å². The van der Waals surface area contributed by atoms with E-state index in [0.717, 1.165) is 28.1 Å². The first-order valence-corrected chi connectivity index (χ1v) is 8.43. The van der Waals surface area contributed by atoms with Gasteiger partial charge in [0.05, 0.1) is 5.52 Å². The monoisotopic (exact) mass is 362 g/mol. The maximum atomic E-state index is 13.7. The second-order valence-corrected chi connectivity index (χ2v) is 6.20. The van der Waals surface area contributed by atoms with Crippen molar-refractivity contribution in [3.63, 3.8) is 0 Å². The third-order valence-corrected chi connectivity index (χ3v) is 4.43. The Morgan fingerprint density at radius 1 is 0.926 bits per heavy atom. The molecule has 0 unspecified atom stereocenters. The predicted octanol–water partition coefficient (Wildman–Crippen LogP) is 4.99. The van der Waals surface area contributed by atoms with Crippen LogP contribution in [0, 0.1) is 18.6 Å². The van der Waals surface area contributed by atoms with Gasteiger partial charge in [-0.1, -0.05) is 6.07 Å². The van der Waals surface area contributed by atoms with Gasteiger partial charge >= 0.3 is 0 Å². The standard InChI is InChI=1S/C21H16F2N4/c1-12-8-16-19(10-15(12)13-5-6-17(22)18(23)9-13)26-20(27-21(16)24-2)14-4-3-7-25-11-14/h3-11H,1-2H3,(H,24,26,27). The number of aryl methyl sites for hydroxylation is 1. The molecule has 0 aliphatic heterocycles. The molecule has 0 saturated heterocycles. The van der Waals surface area contributed by atoms with E-state index in [-0.39, 0.29) is 0 Å². The second-order valence-electron chi connectivity index (χ2n) is 6.20. The van der Waals surface area contributed by atoms with Crippen molar-refractivity contribution in [2.75, 3.05) is 12.4 Å². The van der Waals surface area contributed by atoms with Crippen LogP contribution in [-0.2, 0) is 0 Å². The number of fused-ring (bicyclic) bond motifs is 1. The molecule has 0 fully saturated rings. The number of halogens is 2. The number of anilines is 1. The molecule has 4 nitrogen and oxygen atoms in total. The molecule has 0 saturated carbocycles. The first-order chi connectivity index (χ1) is 13.1. The third-order valence-electron chi connectivity index (χ3n) is 4.43. The highest BCUT2D eigenvalue weighted by molar-refractivity contribution is 5.94. The van der Waals surface area contributed by atoms with Crippen molar-refractivity contribution in [1.82, 2.24) is 15.0 Å². The van der Waals surface area contributed by atoms with E-state index in [4.69, 9.17) is 0 Å². The first kappa shape index (κ1) is 17.0. The van der Waals surface area contributed by atoms with Crippen LogP contribution in [0.2, 0.25) is 0 Å². The average Bonchev–Trinajstić information content (AvgIpc) is 2.69. The normalized spacial score (nSPS) is 11.0. The number of pyridine rings is 1. The van der Waals surface area contributed by atoms with Crippen LogP contribution in [0.3, 0.4) is 0 Å². The maximum absolute atomic E-state index is 13.7. The maximum Gasteiger partial charge on any atom is 0.163 e. The van der Waals surface area contributed by atoms with E-state index in [1.807, 2.05) is 31.2 Å². The number of nitrogens with one attached hydrogen (secondary N) is 1. The van der Waals surface area contributed by atoms with Crippen LogP contribution in [0.4, 0.5) is 14.6 Å². The molecule has 1 N–H and O–H groups in total. The molecular formula is C21H16F2N4. The summed E-state index contributed by atoms with van der Waals surface area (Å²) in [6.45, 7) is 1.92. The molecule has 0 atom stereocenters. The van der Waals surface area contributed by atoms with E-state index >= 15 is 0 Å². The molecule has 0 radical (unpaired) electrons. The average molecular weight is 362 g/mol. The Hall–Kier alpha value is -3.41. The van der Waals surface area contributed by atoms with Crippen molar-refractivity contribution in [3.05, 3.63) is 72.1 Å². The summed E-state index contributed by atoms with van der Waals surface area (Å²) in [7, 11) is 1.80. The summed E-state index contributed by atoms with van der Waals surface area (Å²) in [5.74, 6) is -0.503. The molecule has 27 heavy (non-hydrogen) atoms. The lowest BCUT2D eigenvalue weighted by atomic mass is 9.98. The van der Waals surface area contributed by atoms with Gasteiger partial charge in [-0.05, 0) is 60.0 Å². The Balaban J connectivity index is 1.95. The molecule has 0 spiro atoms. The Labute approximate surface area is 154 Å². The SMILES string of the molecule is CNc1nc(-c2cccnc2)nc2cc(-c3ccc(F)c(F)c3)c(C)cc12. The number of hydrogen-bond donors (Lipinski definition) is 1. The van der Waals surface area contributed by atoms with E-state index in [2.05, 4.69) is 20.3 Å². The Kier molecular flexibility index (Phi) is 4.24. The Bertz CT molecular complexity index is 1140. The zero-order chi connectivity index (χ0) is 19.0. The fraction of sp³-hybridized carbons (Fsp3) is 0.0952. The van der Waals surface area contributed by atoms with Crippen molar-refractivity contribution in [3.8, 4) is 22.5 Å². The summed E-state index contributed by atoms with van der Waals surface area (Å²) in [6.07, 6.45) is 3.39. The zero-order valence-corrected chi connectivity index (χ0v) is 14.8. The fourth-order valence-electron chi connectivity index (χ4n) is 3.07. The highest BCUT2D eigenvalue weighted by atomic mass is 19.2. The van der Waals surface area contributed by atoms with Gasteiger partial charge in [0.1, 0.15) is 5.82 Å². The lowest BCUT2D eigenvalue weighted by molar-refractivity contribution is 0.509. The molecule has 2 aromatic heterocycles. The molecule has 2 aromatic carbocycles. The largest absolute Gasteiger partial charge is 0.373 e. The quantitative estimate of drug-likeness (QED) is 0.558.